The monoisotopic (exact) mass is 239 g/mol. The molecule has 1 heterocycles. The van der Waals surface area contributed by atoms with E-state index in [9.17, 15) is 0 Å². The first kappa shape index (κ1) is 11.4. The second-order valence-corrected chi connectivity index (χ2v) is 4.79. The van der Waals surface area contributed by atoms with Crippen LogP contribution in [0.25, 0.3) is 11.3 Å². The van der Waals surface area contributed by atoms with E-state index in [2.05, 4.69) is 28.4 Å². The van der Waals surface area contributed by atoms with Gasteiger partial charge in [-0.1, -0.05) is 12.1 Å². The molecule has 2 N–H and O–H groups in total. The predicted octanol–water partition coefficient (Wildman–Crippen LogP) is 2.13. The molecule has 1 aromatic carbocycles. The highest BCUT2D eigenvalue weighted by Gasteiger charge is 2.11. The van der Waals surface area contributed by atoms with Gasteiger partial charge in [-0.3, -0.25) is 0 Å². The maximum absolute atomic E-state index is 5.50. The summed E-state index contributed by atoms with van der Waals surface area (Å²) >= 11 is 0. The van der Waals surface area contributed by atoms with E-state index in [1.807, 2.05) is 12.1 Å². The van der Waals surface area contributed by atoms with E-state index >= 15 is 0 Å². The lowest BCUT2D eigenvalue weighted by Crippen LogP contribution is -2.05. The summed E-state index contributed by atoms with van der Waals surface area (Å²) in [5.74, 6) is 0. The van der Waals surface area contributed by atoms with Crippen molar-refractivity contribution in [2.45, 2.75) is 25.7 Å². The molecule has 18 heavy (non-hydrogen) atoms. The molecular formula is C15H17N3. The van der Waals surface area contributed by atoms with Gasteiger partial charge in [0.1, 0.15) is 0 Å². The third-order valence-electron chi connectivity index (χ3n) is 3.51. The number of aromatic nitrogens is 2. The van der Waals surface area contributed by atoms with Crippen LogP contribution in [0.2, 0.25) is 0 Å². The van der Waals surface area contributed by atoms with E-state index < -0.39 is 0 Å². The van der Waals surface area contributed by atoms with Crippen molar-refractivity contribution in [3.63, 3.8) is 0 Å². The van der Waals surface area contributed by atoms with Crippen LogP contribution >= 0.6 is 0 Å². The van der Waals surface area contributed by atoms with Gasteiger partial charge in [-0.05, 0) is 55.1 Å². The Bertz CT molecular complexity index is 546. The normalized spacial score (nSPS) is 13.6. The number of nitrogens with two attached hydrogens (primary N) is 1. The number of hydrogen-bond donors (Lipinski definition) is 1. The van der Waals surface area contributed by atoms with Crippen LogP contribution < -0.4 is 5.73 Å². The van der Waals surface area contributed by atoms with Gasteiger partial charge in [0, 0.05) is 12.0 Å². The lowest BCUT2D eigenvalue weighted by molar-refractivity contribution is 0.869. The summed E-state index contributed by atoms with van der Waals surface area (Å²) in [5.41, 5.74) is 11.5. The smallest absolute Gasteiger partial charge is 0.0929 e. The van der Waals surface area contributed by atoms with Crippen molar-refractivity contribution < 1.29 is 0 Å². The predicted molar refractivity (Wildman–Crippen MR) is 72.3 cm³/mol. The van der Waals surface area contributed by atoms with Gasteiger partial charge in [-0.25, -0.2) is 0 Å². The largest absolute Gasteiger partial charge is 0.330 e. The summed E-state index contributed by atoms with van der Waals surface area (Å²) in [7, 11) is 0. The summed E-state index contributed by atoms with van der Waals surface area (Å²) in [6.45, 7) is 0.618. The molecule has 92 valence electrons. The number of fused-ring (bicyclic) bond motifs is 1. The molecule has 0 spiro atoms. The molecule has 3 heteroatoms. The summed E-state index contributed by atoms with van der Waals surface area (Å²) in [6.07, 6.45) is 4.48. The standard InChI is InChI=1S/C15H17N3/c16-9-8-14-6-7-15(18-17-14)13-5-4-11-2-1-3-12(11)10-13/h4-7,10H,1-3,8-9,16H2. The SMILES string of the molecule is NCCc1ccc(-c2ccc3c(c2)CCC3)nn1. The highest BCUT2D eigenvalue weighted by molar-refractivity contribution is 5.61. The fraction of sp³-hybridized carbons (Fsp3) is 0.333. The maximum atomic E-state index is 5.50. The molecule has 0 saturated heterocycles. The van der Waals surface area contributed by atoms with Crippen molar-refractivity contribution in [1.29, 1.82) is 0 Å². The fourth-order valence-electron chi connectivity index (χ4n) is 2.53. The molecule has 1 aliphatic carbocycles. The molecule has 1 aliphatic rings. The van der Waals surface area contributed by atoms with Gasteiger partial charge in [-0.15, -0.1) is 0 Å². The minimum atomic E-state index is 0.618. The Balaban J connectivity index is 1.90. The third-order valence-corrected chi connectivity index (χ3v) is 3.51. The lowest BCUT2D eigenvalue weighted by atomic mass is 10.0. The zero-order valence-electron chi connectivity index (χ0n) is 10.4. The third kappa shape index (κ3) is 2.14. The van der Waals surface area contributed by atoms with E-state index in [0.29, 0.717) is 6.54 Å². The quantitative estimate of drug-likeness (QED) is 0.892. The Hall–Kier alpha value is -1.74. The summed E-state index contributed by atoms with van der Waals surface area (Å²) in [5, 5.41) is 8.50. The first-order chi connectivity index (χ1) is 8.86. The van der Waals surface area contributed by atoms with Crippen LogP contribution in [-0.2, 0) is 19.3 Å². The van der Waals surface area contributed by atoms with Gasteiger partial charge >= 0.3 is 0 Å². The van der Waals surface area contributed by atoms with Gasteiger partial charge < -0.3 is 5.73 Å². The molecule has 1 aromatic heterocycles. The van der Waals surface area contributed by atoms with Crippen LogP contribution in [0.3, 0.4) is 0 Å². The molecule has 0 atom stereocenters. The number of nitrogens with zero attached hydrogens (tertiary/aromatic N) is 2. The van der Waals surface area contributed by atoms with Crippen molar-refractivity contribution in [3.05, 3.63) is 47.2 Å². The molecule has 3 rings (SSSR count). The Morgan fingerprint density at radius 3 is 2.67 bits per heavy atom. The average Bonchev–Trinajstić information content (AvgIpc) is 2.87. The minimum absolute atomic E-state index is 0.618. The van der Waals surface area contributed by atoms with Crippen molar-refractivity contribution >= 4 is 0 Å². The first-order valence-electron chi connectivity index (χ1n) is 6.51. The number of rotatable bonds is 3. The summed E-state index contributed by atoms with van der Waals surface area (Å²) < 4.78 is 0. The molecule has 3 nitrogen and oxygen atoms in total. The van der Waals surface area contributed by atoms with Crippen molar-refractivity contribution in [1.82, 2.24) is 10.2 Å². The fourth-order valence-corrected chi connectivity index (χ4v) is 2.53. The van der Waals surface area contributed by atoms with Crippen LogP contribution in [0.5, 0.6) is 0 Å². The number of hydrogen-bond acceptors (Lipinski definition) is 3. The summed E-state index contributed by atoms with van der Waals surface area (Å²) in [6, 6.07) is 10.7. The van der Waals surface area contributed by atoms with Crippen LogP contribution in [0.4, 0.5) is 0 Å². The van der Waals surface area contributed by atoms with E-state index in [1.165, 1.54) is 36.0 Å². The van der Waals surface area contributed by atoms with Gasteiger partial charge in [0.15, 0.2) is 0 Å². The minimum Gasteiger partial charge on any atom is -0.330 e. The Kier molecular flexibility index (Phi) is 3.07. The molecule has 0 saturated carbocycles. The van der Waals surface area contributed by atoms with Gasteiger partial charge in [0.05, 0.1) is 11.4 Å². The maximum Gasteiger partial charge on any atom is 0.0929 e. The van der Waals surface area contributed by atoms with Gasteiger partial charge in [-0.2, -0.15) is 10.2 Å². The Morgan fingerprint density at radius 1 is 1.00 bits per heavy atom. The molecule has 0 amide bonds. The molecule has 2 aromatic rings. The topological polar surface area (TPSA) is 51.8 Å². The molecule has 0 radical (unpaired) electrons. The van der Waals surface area contributed by atoms with E-state index in [1.54, 1.807) is 0 Å². The zero-order chi connectivity index (χ0) is 12.4. The van der Waals surface area contributed by atoms with E-state index in [4.69, 9.17) is 5.73 Å². The van der Waals surface area contributed by atoms with Crippen LogP contribution in [-0.4, -0.2) is 16.7 Å². The molecule has 0 unspecified atom stereocenters. The zero-order valence-corrected chi connectivity index (χ0v) is 10.4. The number of benzene rings is 1. The van der Waals surface area contributed by atoms with Crippen molar-refractivity contribution in [2.75, 3.05) is 6.54 Å². The Labute approximate surface area is 107 Å². The van der Waals surface area contributed by atoms with Gasteiger partial charge in [0.25, 0.3) is 0 Å². The average molecular weight is 239 g/mol. The first-order valence-corrected chi connectivity index (χ1v) is 6.51. The highest BCUT2D eigenvalue weighted by Crippen LogP contribution is 2.26. The van der Waals surface area contributed by atoms with Crippen LogP contribution in [0.1, 0.15) is 23.2 Å². The van der Waals surface area contributed by atoms with Gasteiger partial charge in [0.2, 0.25) is 0 Å². The lowest BCUT2D eigenvalue weighted by Gasteiger charge is -2.04. The second-order valence-electron chi connectivity index (χ2n) is 4.79. The second kappa shape index (κ2) is 4.86. The Morgan fingerprint density at radius 2 is 1.89 bits per heavy atom. The van der Waals surface area contributed by atoms with Crippen LogP contribution in [0.15, 0.2) is 30.3 Å². The van der Waals surface area contributed by atoms with E-state index in [0.717, 1.165) is 17.8 Å². The van der Waals surface area contributed by atoms with Crippen molar-refractivity contribution in [3.8, 4) is 11.3 Å². The molecular weight excluding hydrogens is 222 g/mol. The van der Waals surface area contributed by atoms with E-state index in [-0.39, 0.29) is 0 Å². The highest BCUT2D eigenvalue weighted by atomic mass is 15.1. The molecule has 0 fully saturated rings. The molecule has 0 aliphatic heterocycles. The molecule has 0 bridgehead atoms. The van der Waals surface area contributed by atoms with Crippen LogP contribution in [0, 0.1) is 0 Å². The van der Waals surface area contributed by atoms with Crippen molar-refractivity contribution in [2.24, 2.45) is 5.73 Å². The number of aryl methyl sites for hydroxylation is 2. The summed E-state index contributed by atoms with van der Waals surface area (Å²) in [4.78, 5) is 0.